The number of ether oxygens (including phenoxy) is 2. The smallest absolute Gasteiger partial charge is 0.308 e. The standard InChI is InChI=1S/C24H16Cl2N2O6/c1-12(29)32-22-17-20(31)16-10-6-7-14(11-27-28-15-8-4-3-5-9-15)21(16)34-23(17)19(26)24(18(22)25)33-13(2)30/h3-11,28H,1-2H3/b27-11+. The van der Waals surface area contributed by atoms with Gasteiger partial charge >= 0.3 is 11.9 Å². The summed E-state index contributed by atoms with van der Waals surface area (Å²) < 4.78 is 16.3. The van der Waals surface area contributed by atoms with E-state index >= 15 is 0 Å². The third-order valence-corrected chi connectivity index (χ3v) is 5.32. The molecule has 4 rings (SSSR count). The summed E-state index contributed by atoms with van der Waals surface area (Å²) in [7, 11) is 0. The number of nitrogens with one attached hydrogen (secondary N) is 1. The lowest BCUT2D eigenvalue weighted by Gasteiger charge is -2.14. The van der Waals surface area contributed by atoms with Gasteiger partial charge in [-0.2, -0.15) is 5.10 Å². The second-order valence-electron chi connectivity index (χ2n) is 7.07. The molecule has 0 aliphatic heterocycles. The van der Waals surface area contributed by atoms with E-state index in [0.717, 1.165) is 19.5 Å². The molecule has 0 radical (unpaired) electrons. The number of rotatable bonds is 5. The number of nitrogens with zero attached hydrogens (tertiary/aromatic N) is 1. The van der Waals surface area contributed by atoms with Crippen LogP contribution in [-0.2, 0) is 9.59 Å². The summed E-state index contributed by atoms with van der Waals surface area (Å²) >= 11 is 12.7. The van der Waals surface area contributed by atoms with Crippen molar-refractivity contribution in [1.82, 2.24) is 0 Å². The number of carbonyl (C=O) groups excluding carboxylic acids is 2. The van der Waals surface area contributed by atoms with Gasteiger partial charge in [0.05, 0.1) is 17.3 Å². The van der Waals surface area contributed by atoms with Crippen molar-refractivity contribution in [3.8, 4) is 11.5 Å². The largest absolute Gasteiger partial charge is 0.453 e. The van der Waals surface area contributed by atoms with Gasteiger partial charge in [0.2, 0.25) is 5.43 Å². The fraction of sp³-hybridized carbons (Fsp3) is 0.0833. The number of esters is 2. The first-order chi connectivity index (χ1) is 16.3. The minimum absolute atomic E-state index is 0.159. The first kappa shape index (κ1) is 23.3. The Morgan fingerprint density at radius 1 is 0.912 bits per heavy atom. The molecule has 0 amide bonds. The highest BCUT2D eigenvalue weighted by molar-refractivity contribution is 6.42. The maximum atomic E-state index is 13.4. The average molecular weight is 499 g/mol. The van der Waals surface area contributed by atoms with Crippen molar-refractivity contribution in [3.63, 3.8) is 0 Å². The molecule has 3 aromatic carbocycles. The summed E-state index contributed by atoms with van der Waals surface area (Å²) in [4.78, 5) is 36.7. The average Bonchev–Trinajstić information content (AvgIpc) is 2.80. The molecule has 0 aliphatic rings. The van der Waals surface area contributed by atoms with Crippen LogP contribution in [0.5, 0.6) is 11.5 Å². The summed E-state index contributed by atoms with van der Waals surface area (Å²) in [5.41, 5.74) is 3.58. The molecule has 0 bridgehead atoms. The maximum absolute atomic E-state index is 13.4. The van der Waals surface area contributed by atoms with Crippen LogP contribution in [0.1, 0.15) is 19.4 Å². The minimum atomic E-state index is -0.744. The predicted molar refractivity (Wildman–Crippen MR) is 130 cm³/mol. The van der Waals surface area contributed by atoms with Crippen molar-refractivity contribution < 1.29 is 23.5 Å². The van der Waals surface area contributed by atoms with E-state index in [1.807, 2.05) is 30.3 Å². The number of fused-ring (bicyclic) bond motifs is 2. The maximum Gasteiger partial charge on any atom is 0.308 e. The molecule has 0 fully saturated rings. The molecular weight excluding hydrogens is 483 g/mol. The zero-order valence-corrected chi connectivity index (χ0v) is 19.4. The van der Waals surface area contributed by atoms with E-state index < -0.39 is 17.4 Å². The summed E-state index contributed by atoms with van der Waals surface area (Å²) in [6.07, 6.45) is 1.48. The molecule has 0 saturated heterocycles. The van der Waals surface area contributed by atoms with Crippen molar-refractivity contribution in [2.24, 2.45) is 5.10 Å². The molecule has 0 aliphatic carbocycles. The van der Waals surface area contributed by atoms with Gasteiger partial charge in [0.1, 0.15) is 21.0 Å². The first-order valence-electron chi connectivity index (χ1n) is 9.89. The van der Waals surface area contributed by atoms with E-state index in [4.69, 9.17) is 37.1 Å². The number of para-hydroxylation sites is 2. The molecule has 10 heteroatoms. The number of benzene rings is 3. The summed E-state index contributed by atoms with van der Waals surface area (Å²) in [6, 6.07) is 14.2. The lowest BCUT2D eigenvalue weighted by Crippen LogP contribution is -2.11. The van der Waals surface area contributed by atoms with E-state index in [1.165, 1.54) is 6.21 Å². The highest BCUT2D eigenvalue weighted by Gasteiger charge is 2.27. The Morgan fingerprint density at radius 3 is 2.26 bits per heavy atom. The van der Waals surface area contributed by atoms with Crippen molar-refractivity contribution in [1.29, 1.82) is 0 Å². The molecule has 0 saturated carbocycles. The molecule has 1 aromatic heterocycles. The number of hydrogen-bond acceptors (Lipinski definition) is 8. The molecule has 4 aromatic rings. The van der Waals surface area contributed by atoms with Crippen LogP contribution in [0.25, 0.3) is 21.9 Å². The van der Waals surface area contributed by atoms with Crippen molar-refractivity contribution in [2.75, 3.05) is 5.43 Å². The molecule has 172 valence electrons. The molecule has 0 atom stereocenters. The fourth-order valence-electron chi connectivity index (χ4n) is 3.28. The van der Waals surface area contributed by atoms with Gasteiger partial charge < -0.3 is 13.9 Å². The molecule has 0 spiro atoms. The van der Waals surface area contributed by atoms with Gasteiger partial charge in [-0.05, 0) is 24.3 Å². The Bertz CT molecular complexity index is 1530. The third-order valence-electron chi connectivity index (χ3n) is 4.64. The molecular formula is C24H16Cl2N2O6. The molecule has 1 heterocycles. The van der Waals surface area contributed by atoms with Crippen molar-refractivity contribution >= 4 is 69.0 Å². The predicted octanol–water partition coefficient (Wildman–Crippen LogP) is 5.55. The van der Waals surface area contributed by atoms with Gasteiger partial charge in [0, 0.05) is 19.4 Å². The van der Waals surface area contributed by atoms with Gasteiger partial charge in [-0.1, -0.05) is 47.5 Å². The van der Waals surface area contributed by atoms with E-state index in [0.29, 0.717) is 5.56 Å². The van der Waals surface area contributed by atoms with Crippen LogP contribution >= 0.6 is 23.2 Å². The van der Waals surface area contributed by atoms with E-state index in [-0.39, 0.29) is 43.5 Å². The third kappa shape index (κ3) is 4.46. The lowest BCUT2D eigenvalue weighted by molar-refractivity contribution is -0.132. The lowest BCUT2D eigenvalue weighted by atomic mass is 10.1. The Kier molecular flexibility index (Phi) is 6.54. The molecule has 1 N–H and O–H groups in total. The Balaban J connectivity index is 1.97. The van der Waals surface area contributed by atoms with Gasteiger partial charge in [-0.3, -0.25) is 19.8 Å². The van der Waals surface area contributed by atoms with E-state index in [2.05, 4.69) is 10.5 Å². The summed E-state index contributed by atoms with van der Waals surface area (Å²) in [6.45, 7) is 2.28. The summed E-state index contributed by atoms with van der Waals surface area (Å²) in [5, 5.41) is 3.68. The number of carbonyl (C=O) groups is 2. The van der Waals surface area contributed by atoms with Crippen LogP contribution in [0.3, 0.4) is 0 Å². The van der Waals surface area contributed by atoms with Crippen LogP contribution in [0.15, 0.2) is 62.8 Å². The minimum Gasteiger partial charge on any atom is -0.453 e. The van der Waals surface area contributed by atoms with Gasteiger partial charge in [-0.15, -0.1) is 0 Å². The van der Waals surface area contributed by atoms with Crippen molar-refractivity contribution in [3.05, 3.63) is 74.4 Å². The topological polar surface area (TPSA) is 107 Å². The van der Waals surface area contributed by atoms with Crippen LogP contribution in [0, 0.1) is 0 Å². The zero-order chi connectivity index (χ0) is 24.4. The fourth-order valence-corrected chi connectivity index (χ4v) is 3.86. The SMILES string of the molecule is CC(=O)Oc1c(Cl)c(OC(C)=O)c2c(=O)c3cccc(/C=N/Nc4ccccc4)c3oc2c1Cl. The monoisotopic (exact) mass is 498 g/mol. The van der Waals surface area contributed by atoms with E-state index in [9.17, 15) is 14.4 Å². The van der Waals surface area contributed by atoms with Gasteiger partial charge in [-0.25, -0.2) is 0 Å². The van der Waals surface area contributed by atoms with Crippen LogP contribution < -0.4 is 20.3 Å². The molecule has 0 unspecified atom stereocenters. The molecule has 8 nitrogen and oxygen atoms in total. The highest BCUT2D eigenvalue weighted by atomic mass is 35.5. The molecule has 34 heavy (non-hydrogen) atoms. The van der Waals surface area contributed by atoms with E-state index in [1.54, 1.807) is 18.2 Å². The quantitative estimate of drug-likeness (QED) is 0.126. The van der Waals surface area contributed by atoms with Gasteiger partial charge in [0.15, 0.2) is 17.1 Å². The second-order valence-corrected chi connectivity index (χ2v) is 7.82. The normalized spacial score (nSPS) is 11.2. The Labute approximate surface area is 202 Å². The van der Waals surface area contributed by atoms with Crippen molar-refractivity contribution in [2.45, 2.75) is 13.8 Å². The van der Waals surface area contributed by atoms with Gasteiger partial charge in [0.25, 0.3) is 0 Å². The highest BCUT2D eigenvalue weighted by Crippen LogP contribution is 2.47. The summed E-state index contributed by atoms with van der Waals surface area (Å²) in [5.74, 6) is -2.07. The van der Waals surface area contributed by atoms with Crippen LogP contribution in [0.4, 0.5) is 5.69 Å². The zero-order valence-electron chi connectivity index (χ0n) is 17.8. The number of hydrogen-bond donors (Lipinski definition) is 1. The second kappa shape index (κ2) is 9.54. The van der Waals surface area contributed by atoms with Crippen LogP contribution in [0.2, 0.25) is 10.0 Å². The van der Waals surface area contributed by atoms with Crippen LogP contribution in [-0.4, -0.2) is 18.2 Å². The number of halogens is 2. The first-order valence-corrected chi connectivity index (χ1v) is 10.6. The number of hydrazone groups is 1. The number of anilines is 1. The Hall–Kier alpha value is -3.88. The Morgan fingerprint density at radius 2 is 1.59 bits per heavy atom.